The third kappa shape index (κ3) is 7.40. The lowest BCUT2D eigenvalue weighted by atomic mass is 10.2. The second-order valence-corrected chi connectivity index (χ2v) is 11.2. The molecule has 5 nitrogen and oxygen atoms in total. The van der Waals surface area contributed by atoms with Gasteiger partial charge in [0.2, 0.25) is 5.91 Å². The zero-order chi connectivity index (χ0) is 23.8. The van der Waals surface area contributed by atoms with E-state index in [9.17, 15) is 13.2 Å². The molecule has 1 amide bonds. The van der Waals surface area contributed by atoms with Crippen LogP contribution in [0.1, 0.15) is 12.0 Å². The molecule has 0 atom stereocenters. The number of nitrogens with zero attached hydrogens (tertiary/aromatic N) is 1. The minimum absolute atomic E-state index is 0.111. The number of aryl methyl sites for hydroxylation is 1. The normalized spacial score (nSPS) is 11.2. The second-order valence-electron chi connectivity index (χ2n) is 7.31. The molecule has 0 saturated carbocycles. The first kappa shape index (κ1) is 25.4. The molecule has 0 aromatic heterocycles. The molecule has 1 N–H and O–H groups in total. The molecular formula is C24H24Cl2N2O3S2. The van der Waals surface area contributed by atoms with Gasteiger partial charge in [-0.3, -0.25) is 9.10 Å². The molecular weight excluding hydrogens is 499 g/mol. The number of carbonyl (C=O) groups excluding carboxylic acids is 1. The third-order valence-corrected chi connectivity index (χ3v) is 8.09. The van der Waals surface area contributed by atoms with Crippen molar-refractivity contribution >= 4 is 56.6 Å². The number of rotatable bonds is 10. The van der Waals surface area contributed by atoms with Crippen molar-refractivity contribution in [3.8, 4) is 0 Å². The van der Waals surface area contributed by atoms with Crippen LogP contribution in [0, 0.1) is 6.92 Å². The van der Waals surface area contributed by atoms with E-state index < -0.39 is 10.0 Å². The van der Waals surface area contributed by atoms with E-state index in [4.69, 9.17) is 23.2 Å². The lowest BCUT2D eigenvalue weighted by Crippen LogP contribution is -2.41. The van der Waals surface area contributed by atoms with E-state index in [0.29, 0.717) is 22.3 Å². The summed E-state index contributed by atoms with van der Waals surface area (Å²) in [6, 6.07) is 20.5. The fourth-order valence-corrected chi connectivity index (χ4v) is 5.57. The molecule has 0 saturated heterocycles. The Labute approximate surface area is 209 Å². The zero-order valence-electron chi connectivity index (χ0n) is 18.0. The third-order valence-electron chi connectivity index (χ3n) is 4.72. The Balaban J connectivity index is 1.64. The van der Waals surface area contributed by atoms with E-state index in [0.717, 1.165) is 26.9 Å². The van der Waals surface area contributed by atoms with Gasteiger partial charge in [0, 0.05) is 21.5 Å². The maximum absolute atomic E-state index is 13.3. The van der Waals surface area contributed by atoms with Gasteiger partial charge in [0.1, 0.15) is 6.54 Å². The SMILES string of the molecule is Cc1ccc(S(=O)(=O)N(CC(=O)NCCCSc2ccc(Cl)cc2)c2cccc(Cl)c2)cc1. The van der Waals surface area contributed by atoms with Crippen LogP contribution in [-0.2, 0) is 14.8 Å². The molecule has 33 heavy (non-hydrogen) atoms. The van der Waals surface area contributed by atoms with Gasteiger partial charge in [0.05, 0.1) is 10.6 Å². The number of sulfonamides is 1. The van der Waals surface area contributed by atoms with Crippen molar-refractivity contribution in [2.24, 2.45) is 0 Å². The lowest BCUT2D eigenvalue weighted by Gasteiger charge is -2.24. The van der Waals surface area contributed by atoms with Gasteiger partial charge >= 0.3 is 0 Å². The van der Waals surface area contributed by atoms with Crippen LogP contribution < -0.4 is 9.62 Å². The van der Waals surface area contributed by atoms with Gasteiger partial charge < -0.3 is 5.32 Å². The average molecular weight is 524 g/mol. The van der Waals surface area contributed by atoms with Crippen molar-refractivity contribution in [2.45, 2.75) is 23.1 Å². The number of anilines is 1. The summed E-state index contributed by atoms with van der Waals surface area (Å²) in [5.41, 5.74) is 1.27. The zero-order valence-corrected chi connectivity index (χ0v) is 21.1. The molecule has 0 radical (unpaired) electrons. The van der Waals surface area contributed by atoms with Gasteiger partial charge in [0.15, 0.2) is 0 Å². The molecule has 3 aromatic carbocycles. The minimum Gasteiger partial charge on any atom is -0.354 e. The molecule has 9 heteroatoms. The highest BCUT2D eigenvalue weighted by atomic mass is 35.5. The quantitative estimate of drug-likeness (QED) is 0.270. The van der Waals surface area contributed by atoms with Crippen molar-refractivity contribution in [1.29, 1.82) is 0 Å². The van der Waals surface area contributed by atoms with Crippen LogP contribution >= 0.6 is 35.0 Å². The Hall–Kier alpha value is -2.19. The highest BCUT2D eigenvalue weighted by molar-refractivity contribution is 7.99. The average Bonchev–Trinajstić information content (AvgIpc) is 2.78. The molecule has 0 unspecified atom stereocenters. The van der Waals surface area contributed by atoms with E-state index >= 15 is 0 Å². The molecule has 3 rings (SSSR count). The van der Waals surface area contributed by atoms with E-state index in [-0.39, 0.29) is 17.3 Å². The number of benzene rings is 3. The number of carbonyl (C=O) groups is 1. The van der Waals surface area contributed by atoms with Crippen LogP contribution in [-0.4, -0.2) is 33.2 Å². The summed E-state index contributed by atoms with van der Waals surface area (Å²) in [5, 5.41) is 3.89. The molecule has 0 fully saturated rings. The molecule has 0 aliphatic carbocycles. The number of halogens is 2. The minimum atomic E-state index is -3.96. The smallest absolute Gasteiger partial charge is 0.264 e. The van der Waals surface area contributed by atoms with Crippen LogP contribution in [0.25, 0.3) is 0 Å². The van der Waals surface area contributed by atoms with E-state index in [1.54, 1.807) is 42.1 Å². The summed E-state index contributed by atoms with van der Waals surface area (Å²) in [6.07, 6.45) is 0.737. The summed E-state index contributed by atoms with van der Waals surface area (Å²) >= 11 is 13.6. The van der Waals surface area contributed by atoms with E-state index in [2.05, 4.69) is 5.32 Å². The van der Waals surface area contributed by atoms with Crippen molar-refractivity contribution in [1.82, 2.24) is 5.32 Å². The summed E-state index contributed by atoms with van der Waals surface area (Å²) in [4.78, 5) is 13.9. The predicted molar refractivity (Wildman–Crippen MR) is 137 cm³/mol. The summed E-state index contributed by atoms with van der Waals surface area (Å²) in [7, 11) is -3.96. The van der Waals surface area contributed by atoms with Crippen LogP contribution in [0.4, 0.5) is 5.69 Å². The van der Waals surface area contributed by atoms with Gasteiger partial charge in [-0.05, 0) is 73.7 Å². The summed E-state index contributed by atoms with van der Waals surface area (Å²) in [6.45, 7) is 1.97. The Bertz CT molecular complexity index is 1190. The number of hydrogen-bond donors (Lipinski definition) is 1. The van der Waals surface area contributed by atoms with Crippen molar-refractivity contribution < 1.29 is 13.2 Å². The highest BCUT2D eigenvalue weighted by Gasteiger charge is 2.27. The molecule has 3 aromatic rings. The molecule has 0 aliphatic heterocycles. The van der Waals surface area contributed by atoms with Crippen molar-refractivity contribution in [3.63, 3.8) is 0 Å². The Morgan fingerprint density at radius 2 is 1.67 bits per heavy atom. The van der Waals surface area contributed by atoms with E-state index in [1.165, 1.54) is 18.2 Å². The van der Waals surface area contributed by atoms with Gasteiger partial charge in [-0.15, -0.1) is 11.8 Å². The van der Waals surface area contributed by atoms with Gasteiger partial charge in [-0.1, -0.05) is 47.0 Å². The Morgan fingerprint density at radius 1 is 0.970 bits per heavy atom. The maximum Gasteiger partial charge on any atom is 0.264 e. The molecule has 0 aliphatic rings. The van der Waals surface area contributed by atoms with Crippen molar-refractivity contribution in [2.75, 3.05) is 23.1 Å². The second kappa shape index (κ2) is 11.8. The highest BCUT2D eigenvalue weighted by Crippen LogP contribution is 2.26. The number of hydrogen-bond acceptors (Lipinski definition) is 4. The number of amides is 1. The van der Waals surface area contributed by atoms with Crippen molar-refractivity contribution in [3.05, 3.63) is 88.4 Å². The van der Waals surface area contributed by atoms with Crippen LogP contribution in [0.5, 0.6) is 0 Å². The monoisotopic (exact) mass is 522 g/mol. The summed E-state index contributed by atoms with van der Waals surface area (Å²) < 4.78 is 27.8. The fraction of sp³-hybridized carbons (Fsp3) is 0.208. The Kier molecular flexibility index (Phi) is 9.09. The first-order valence-corrected chi connectivity index (χ1v) is 13.4. The fourth-order valence-electron chi connectivity index (χ4n) is 2.99. The number of nitrogens with one attached hydrogen (secondary N) is 1. The van der Waals surface area contributed by atoms with Crippen LogP contribution in [0.15, 0.2) is 82.6 Å². The first-order chi connectivity index (χ1) is 15.8. The van der Waals surface area contributed by atoms with Gasteiger partial charge in [-0.2, -0.15) is 0 Å². The standard InChI is InChI=1S/C24H24Cl2N2O3S2/c1-18-6-12-23(13-7-18)33(30,31)28(21-5-2-4-20(26)16-21)17-24(29)27-14-3-15-32-22-10-8-19(25)9-11-22/h2,4-13,16H,3,14-15,17H2,1H3,(H,27,29). The lowest BCUT2D eigenvalue weighted by molar-refractivity contribution is -0.119. The van der Waals surface area contributed by atoms with Crippen LogP contribution in [0.2, 0.25) is 10.0 Å². The summed E-state index contributed by atoms with van der Waals surface area (Å²) in [5.74, 6) is 0.420. The first-order valence-electron chi connectivity index (χ1n) is 10.3. The molecule has 0 heterocycles. The predicted octanol–water partition coefficient (Wildman–Crippen LogP) is 5.80. The molecule has 0 bridgehead atoms. The van der Waals surface area contributed by atoms with Gasteiger partial charge in [0.25, 0.3) is 10.0 Å². The molecule has 0 spiro atoms. The topological polar surface area (TPSA) is 66.5 Å². The van der Waals surface area contributed by atoms with Crippen LogP contribution in [0.3, 0.4) is 0 Å². The van der Waals surface area contributed by atoms with E-state index in [1.807, 2.05) is 31.2 Å². The van der Waals surface area contributed by atoms with Gasteiger partial charge in [-0.25, -0.2) is 8.42 Å². The molecule has 174 valence electrons. The maximum atomic E-state index is 13.3. The largest absolute Gasteiger partial charge is 0.354 e. The Morgan fingerprint density at radius 3 is 2.33 bits per heavy atom. The number of thioether (sulfide) groups is 1.